The van der Waals surface area contributed by atoms with Gasteiger partial charge in [0.05, 0.1) is 32.2 Å². The molecule has 0 aliphatic heterocycles. The van der Waals surface area contributed by atoms with Gasteiger partial charge in [-0.15, -0.1) is 0 Å². The third-order valence-electron chi connectivity index (χ3n) is 7.12. The van der Waals surface area contributed by atoms with E-state index in [0.717, 1.165) is 11.1 Å². The fraction of sp³-hybridized carbons (Fsp3) is 0.128. The lowest BCUT2D eigenvalue weighted by Gasteiger charge is -2.15. The zero-order chi connectivity index (χ0) is 39.7. The molecule has 280 valence electrons. The number of hydrogen-bond acceptors (Lipinski definition) is 7. The lowest BCUT2D eigenvalue weighted by Crippen LogP contribution is -2.07. The third-order valence-corrected chi connectivity index (χ3v) is 9.07. The van der Waals surface area contributed by atoms with Crippen LogP contribution in [0.2, 0.25) is 20.1 Å². The molecule has 0 saturated carbocycles. The molecule has 0 atom stereocenters. The summed E-state index contributed by atoms with van der Waals surface area (Å²) in [5.74, 6) is -0.139. The van der Waals surface area contributed by atoms with Gasteiger partial charge in [-0.05, 0) is 82.5 Å². The molecular formula is C39H31BrCl4N2O8. The Morgan fingerprint density at radius 2 is 1.24 bits per heavy atom. The molecule has 0 saturated heterocycles. The van der Waals surface area contributed by atoms with E-state index in [9.17, 15) is 19.2 Å². The second-order valence-electron chi connectivity index (χ2n) is 11.5. The number of carbonyl (C=O) groups is 4. The maximum absolute atomic E-state index is 11.6. The Labute approximate surface area is 339 Å². The van der Waals surface area contributed by atoms with Crippen LogP contribution in [0.3, 0.4) is 0 Å². The standard InChI is InChI=1S/C22H17Cl2NO4.C17H14BrCl2NO4/c1-13(26)25-20-8-7-16(12-17(20)15-5-3-2-4-6-15)29-22-18(23)9-14(10-19(22)24)11-21(27)28;1-8-15(24-10(3)23)7-13(19)17(16(8)20)25-11-4-5-14(12(18)6-11)21-9(2)22/h2-10,12H,11H2,1H3,(H,25,26)(H,27,28);4-7H,1-3H3,(H,21,22). The summed E-state index contributed by atoms with van der Waals surface area (Å²) in [6.07, 6.45) is -0.191. The van der Waals surface area contributed by atoms with Gasteiger partial charge >= 0.3 is 11.9 Å². The maximum Gasteiger partial charge on any atom is 0.308 e. The van der Waals surface area contributed by atoms with Crippen LogP contribution in [-0.2, 0) is 25.6 Å². The first-order chi connectivity index (χ1) is 25.5. The van der Waals surface area contributed by atoms with Gasteiger partial charge in [-0.2, -0.15) is 0 Å². The number of halogens is 5. The van der Waals surface area contributed by atoms with E-state index >= 15 is 0 Å². The van der Waals surface area contributed by atoms with E-state index in [-0.39, 0.29) is 55.6 Å². The van der Waals surface area contributed by atoms with Gasteiger partial charge in [-0.25, -0.2) is 0 Å². The highest BCUT2D eigenvalue weighted by Crippen LogP contribution is 2.44. The summed E-state index contributed by atoms with van der Waals surface area (Å²) in [4.78, 5) is 44.7. The summed E-state index contributed by atoms with van der Waals surface area (Å²) in [7, 11) is 0. The second-order valence-corrected chi connectivity index (χ2v) is 13.9. The Balaban J connectivity index is 0.000000244. The number of rotatable bonds is 10. The number of carboxylic acids is 1. The zero-order valence-electron chi connectivity index (χ0n) is 29.0. The molecule has 5 aromatic rings. The van der Waals surface area contributed by atoms with Gasteiger partial charge in [0, 0.05) is 48.1 Å². The van der Waals surface area contributed by atoms with Gasteiger partial charge in [0.1, 0.15) is 17.2 Å². The average molecular weight is 877 g/mol. The fourth-order valence-electron chi connectivity index (χ4n) is 4.84. The minimum absolute atomic E-state index is 0.183. The van der Waals surface area contributed by atoms with E-state index in [0.29, 0.717) is 38.5 Å². The Bertz CT molecular complexity index is 2210. The molecular weight excluding hydrogens is 846 g/mol. The van der Waals surface area contributed by atoms with E-state index in [4.69, 9.17) is 65.7 Å². The Hall–Kier alpha value is -4.78. The van der Waals surface area contributed by atoms with E-state index < -0.39 is 11.9 Å². The van der Waals surface area contributed by atoms with Crippen molar-refractivity contribution in [1.29, 1.82) is 0 Å². The quantitative estimate of drug-likeness (QED) is 0.0930. The van der Waals surface area contributed by atoms with Crippen LogP contribution in [0.4, 0.5) is 11.4 Å². The number of anilines is 2. The molecule has 10 nitrogen and oxygen atoms in total. The van der Waals surface area contributed by atoms with E-state index in [1.54, 1.807) is 43.3 Å². The number of ether oxygens (including phenoxy) is 3. The molecule has 0 heterocycles. The number of carbonyl (C=O) groups excluding carboxylic acids is 3. The third kappa shape index (κ3) is 11.6. The number of amides is 2. The number of benzene rings is 5. The smallest absolute Gasteiger partial charge is 0.308 e. The molecule has 0 fully saturated rings. The summed E-state index contributed by atoms with van der Waals surface area (Å²) in [5.41, 5.74) is 3.93. The lowest BCUT2D eigenvalue weighted by atomic mass is 10.0. The van der Waals surface area contributed by atoms with Crippen LogP contribution >= 0.6 is 62.3 Å². The molecule has 0 aliphatic rings. The first-order valence-corrected chi connectivity index (χ1v) is 18.1. The Morgan fingerprint density at radius 1 is 0.704 bits per heavy atom. The predicted molar refractivity (Wildman–Crippen MR) is 215 cm³/mol. The molecule has 0 aliphatic carbocycles. The summed E-state index contributed by atoms with van der Waals surface area (Å²) in [6.45, 7) is 5.85. The van der Waals surface area contributed by atoms with Crippen LogP contribution in [0.25, 0.3) is 11.1 Å². The van der Waals surface area contributed by atoms with Crippen LogP contribution in [0.15, 0.2) is 89.4 Å². The van der Waals surface area contributed by atoms with Gasteiger partial charge in [0.25, 0.3) is 0 Å². The Morgan fingerprint density at radius 3 is 1.80 bits per heavy atom. The SMILES string of the molecule is CC(=O)Nc1ccc(Oc2c(Cl)cc(CC(=O)O)cc2Cl)cc1-c1ccccc1.CC(=O)Nc1ccc(Oc2c(Cl)cc(OC(C)=O)c(C)c2Cl)cc1Br. The van der Waals surface area contributed by atoms with E-state index in [1.807, 2.05) is 30.3 Å². The second kappa shape index (κ2) is 19.0. The van der Waals surface area contributed by atoms with Gasteiger partial charge in [0.15, 0.2) is 11.5 Å². The number of aliphatic carboxylic acids is 1. The van der Waals surface area contributed by atoms with Crippen molar-refractivity contribution in [3.8, 4) is 39.9 Å². The van der Waals surface area contributed by atoms with Crippen LogP contribution in [0, 0.1) is 6.92 Å². The molecule has 0 bridgehead atoms. The summed E-state index contributed by atoms with van der Waals surface area (Å²) in [6, 6.07) is 24.3. The number of nitrogens with one attached hydrogen (secondary N) is 2. The lowest BCUT2D eigenvalue weighted by molar-refractivity contribution is -0.136. The summed E-state index contributed by atoms with van der Waals surface area (Å²) < 4.78 is 17.4. The van der Waals surface area contributed by atoms with Crippen LogP contribution < -0.4 is 24.8 Å². The topological polar surface area (TPSA) is 140 Å². The first kappa shape index (κ1) is 42.0. The Kier molecular flexibility index (Phi) is 14.8. The van der Waals surface area contributed by atoms with Crippen LogP contribution in [0.5, 0.6) is 28.7 Å². The summed E-state index contributed by atoms with van der Waals surface area (Å²) in [5, 5.41) is 15.3. The molecule has 15 heteroatoms. The van der Waals surface area contributed by atoms with Gasteiger partial charge in [-0.1, -0.05) is 76.7 Å². The molecule has 3 N–H and O–H groups in total. The number of esters is 1. The largest absolute Gasteiger partial charge is 0.481 e. The van der Waals surface area contributed by atoms with Crippen LogP contribution in [-0.4, -0.2) is 28.9 Å². The van der Waals surface area contributed by atoms with Gasteiger partial charge in [-0.3, -0.25) is 19.2 Å². The molecule has 5 aromatic carbocycles. The minimum Gasteiger partial charge on any atom is -0.481 e. The maximum atomic E-state index is 11.6. The number of carboxylic acid groups (broad SMARTS) is 1. The molecule has 54 heavy (non-hydrogen) atoms. The van der Waals surface area contributed by atoms with Gasteiger partial charge < -0.3 is 30.0 Å². The van der Waals surface area contributed by atoms with Crippen molar-refractivity contribution in [3.63, 3.8) is 0 Å². The molecule has 0 spiro atoms. The fourth-order valence-corrected chi connectivity index (χ4v) is 6.42. The minimum atomic E-state index is -0.980. The predicted octanol–water partition coefficient (Wildman–Crippen LogP) is 11.8. The highest BCUT2D eigenvalue weighted by atomic mass is 79.9. The van der Waals surface area contributed by atoms with E-state index in [1.165, 1.54) is 39.0 Å². The van der Waals surface area contributed by atoms with E-state index in [2.05, 4.69) is 26.6 Å². The number of hydrogen-bond donors (Lipinski definition) is 3. The average Bonchev–Trinajstić information content (AvgIpc) is 3.08. The van der Waals surface area contributed by atoms with Crippen molar-refractivity contribution >= 4 is 97.5 Å². The first-order valence-electron chi connectivity index (χ1n) is 15.8. The zero-order valence-corrected chi connectivity index (χ0v) is 33.6. The van der Waals surface area contributed by atoms with Crippen molar-refractivity contribution in [1.82, 2.24) is 0 Å². The molecule has 0 unspecified atom stereocenters. The highest BCUT2D eigenvalue weighted by molar-refractivity contribution is 9.10. The molecule has 0 aromatic heterocycles. The summed E-state index contributed by atoms with van der Waals surface area (Å²) >= 11 is 28.4. The van der Waals surface area contributed by atoms with Crippen molar-refractivity contribution in [2.24, 2.45) is 0 Å². The van der Waals surface area contributed by atoms with Crippen molar-refractivity contribution in [3.05, 3.63) is 121 Å². The monoisotopic (exact) mass is 874 g/mol. The van der Waals surface area contributed by atoms with Crippen molar-refractivity contribution in [2.45, 2.75) is 34.1 Å². The highest BCUT2D eigenvalue weighted by Gasteiger charge is 2.19. The van der Waals surface area contributed by atoms with Crippen LogP contribution in [0.1, 0.15) is 31.9 Å². The normalized spacial score (nSPS) is 10.4. The molecule has 2 amide bonds. The molecule has 0 radical (unpaired) electrons. The van der Waals surface area contributed by atoms with Crippen molar-refractivity contribution < 1.29 is 38.5 Å². The molecule has 5 rings (SSSR count). The van der Waals surface area contributed by atoms with Gasteiger partial charge in [0.2, 0.25) is 11.8 Å². The van der Waals surface area contributed by atoms with Crippen molar-refractivity contribution in [2.75, 3.05) is 10.6 Å².